The van der Waals surface area contributed by atoms with Gasteiger partial charge in [-0.2, -0.15) is 70.2 Å². The fraction of sp³-hybridized carbons (Fsp3) is 0.600. The maximum atomic E-state index is 14.0. The Kier molecular flexibility index (Phi) is 7.19. The highest BCUT2D eigenvalue weighted by atomic mass is 19.4. The molecule has 0 saturated heterocycles. The smallest absolute Gasteiger partial charge is 0.376 e. The van der Waals surface area contributed by atoms with Crippen molar-refractivity contribution in [1.29, 1.82) is 0 Å². The summed E-state index contributed by atoms with van der Waals surface area (Å²) in [6, 6.07) is -0.196. The van der Waals surface area contributed by atoms with E-state index in [9.17, 15) is 85.5 Å². The van der Waals surface area contributed by atoms with Gasteiger partial charge in [0.25, 0.3) is 5.69 Å². The minimum Gasteiger partial charge on any atom is -0.376 e. The van der Waals surface area contributed by atoms with Crippen molar-refractivity contribution >= 4 is 5.69 Å². The second-order valence-corrected chi connectivity index (χ2v) is 6.84. The Labute approximate surface area is 181 Å². The number of nitrogens with zero attached hydrogens (tertiary/aromatic N) is 1. The van der Waals surface area contributed by atoms with E-state index in [4.69, 9.17) is 0 Å². The first-order chi connectivity index (χ1) is 15.1. The van der Waals surface area contributed by atoms with E-state index in [0.717, 1.165) is 0 Å². The molecule has 0 aliphatic heterocycles. The van der Waals surface area contributed by atoms with E-state index in [0.29, 0.717) is 0 Å². The van der Waals surface area contributed by atoms with E-state index in [1.807, 2.05) is 0 Å². The van der Waals surface area contributed by atoms with Gasteiger partial charge in [0.1, 0.15) is 0 Å². The first kappa shape index (κ1) is 30.5. The lowest BCUT2D eigenvalue weighted by molar-refractivity contribution is -0.443. The molecule has 4 nitrogen and oxygen atoms in total. The molecule has 202 valence electrons. The molecule has 1 aromatic rings. The highest BCUT2D eigenvalue weighted by Crippen LogP contribution is 2.62. The molecule has 1 N–H and O–H groups in total. The molecule has 0 aliphatic rings. The lowest BCUT2D eigenvalue weighted by atomic mass is 9.82. The van der Waals surface area contributed by atoms with E-state index in [2.05, 4.69) is 0 Å². The molecule has 20 heteroatoms. The molecule has 1 rings (SSSR count). The number of alkyl halides is 16. The Bertz CT molecular complexity index is 937. The largest absolute Gasteiger partial charge is 0.460 e. The van der Waals surface area contributed by atoms with Crippen LogP contribution >= 0.6 is 0 Å². The number of hydrogen-bond acceptors (Lipinski definition) is 3. The lowest BCUT2D eigenvalue weighted by Gasteiger charge is -2.42. The van der Waals surface area contributed by atoms with Crippen LogP contribution in [0.3, 0.4) is 0 Å². The Hall–Kier alpha value is -2.54. The average molecular weight is 553 g/mol. The molecule has 1 atom stereocenters. The number of nitro groups is 1. The third-order valence-electron chi connectivity index (χ3n) is 4.50. The Morgan fingerprint density at radius 1 is 0.629 bits per heavy atom. The zero-order valence-electron chi connectivity index (χ0n) is 15.8. The van der Waals surface area contributed by atoms with Crippen molar-refractivity contribution in [3.05, 3.63) is 39.9 Å². The number of aliphatic hydroxyl groups is 1. The van der Waals surface area contributed by atoms with Gasteiger partial charge in [-0.1, -0.05) is 0 Å². The SMILES string of the molecule is O=[N+]([O-])c1ccc(C(O)(CC(F)(F)C(F)(F)C(F)(F)C(F)(F)C(F)(F)C(F)(F)F)C(F)(F)F)cc1. The van der Waals surface area contributed by atoms with Crippen LogP contribution in [-0.2, 0) is 5.60 Å². The van der Waals surface area contributed by atoms with Crippen LogP contribution in [0.15, 0.2) is 24.3 Å². The van der Waals surface area contributed by atoms with Gasteiger partial charge < -0.3 is 5.11 Å². The second-order valence-electron chi connectivity index (χ2n) is 6.84. The van der Waals surface area contributed by atoms with E-state index >= 15 is 0 Å². The van der Waals surface area contributed by atoms with Crippen molar-refractivity contribution in [2.24, 2.45) is 0 Å². The summed E-state index contributed by atoms with van der Waals surface area (Å²) in [5, 5.41) is 20.1. The first-order valence-electron chi connectivity index (χ1n) is 8.11. The van der Waals surface area contributed by atoms with Crippen LogP contribution in [0.4, 0.5) is 75.9 Å². The summed E-state index contributed by atoms with van der Waals surface area (Å²) in [4.78, 5) is 9.19. The number of hydrogen-bond donors (Lipinski definition) is 1. The van der Waals surface area contributed by atoms with Gasteiger partial charge in [-0.25, -0.2) is 0 Å². The zero-order chi connectivity index (χ0) is 28.3. The topological polar surface area (TPSA) is 63.4 Å². The van der Waals surface area contributed by atoms with Gasteiger partial charge in [-0.3, -0.25) is 10.1 Å². The van der Waals surface area contributed by atoms with Crippen molar-refractivity contribution in [2.45, 2.75) is 54.0 Å². The molecule has 1 aromatic carbocycles. The van der Waals surface area contributed by atoms with E-state index in [1.165, 1.54) is 0 Å². The molecule has 1 unspecified atom stereocenters. The molecular formula is C15H7F16NO3. The van der Waals surface area contributed by atoms with Crippen LogP contribution in [0.1, 0.15) is 12.0 Å². The summed E-state index contributed by atoms with van der Waals surface area (Å²) in [5.74, 6) is -40.1. The van der Waals surface area contributed by atoms with Crippen molar-refractivity contribution in [3.8, 4) is 0 Å². The molecule has 0 aliphatic carbocycles. The molecule has 0 saturated carbocycles. The van der Waals surface area contributed by atoms with Crippen molar-refractivity contribution in [2.75, 3.05) is 0 Å². The van der Waals surface area contributed by atoms with Crippen LogP contribution in [0.25, 0.3) is 0 Å². The number of rotatable bonds is 8. The van der Waals surface area contributed by atoms with Gasteiger partial charge in [0.05, 0.1) is 11.3 Å². The van der Waals surface area contributed by atoms with Gasteiger partial charge in [-0.15, -0.1) is 0 Å². The van der Waals surface area contributed by atoms with Gasteiger partial charge in [-0.05, 0) is 17.7 Å². The maximum absolute atomic E-state index is 14.0. The van der Waals surface area contributed by atoms with Crippen LogP contribution < -0.4 is 0 Å². The molecular weight excluding hydrogens is 546 g/mol. The maximum Gasteiger partial charge on any atom is 0.460 e. The number of benzene rings is 1. The van der Waals surface area contributed by atoms with Crippen molar-refractivity contribution in [1.82, 2.24) is 0 Å². The summed E-state index contributed by atoms with van der Waals surface area (Å²) in [6.07, 6.45) is -18.3. The quantitative estimate of drug-likeness (QED) is 0.228. The molecule has 35 heavy (non-hydrogen) atoms. The third kappa shape index (κ3) is 4.55. The standard InChI is InChI=1S/C15H7F16NO3/c16-9(17,10(18,19)11(20,21)12(22,23)13(24,25)15(29,30)31)5-8(33,14(26,27)28)6-1-3-7(4-2-6)32(34)35/h1-4,33H,5H2. The highest BCUT2D eigenvalue weighted by Gasteiger charge is 2.91. The van der Waals surface area contributed by atoms with Crippen LogP contribution in [-0.4, -0.2) is 52.0 Å². The molecule has 0 heterocycles. The minimum absolute atomic E-state index is 0.0783. The van der Waals surface area contributed by atoms with Gasteiger partial charge in [0, 0.05) is 12.1 Å². The summed E-state index contributed by atoms with van der Waals surface area (Å²) >= 11 is 0. The fourth-order valence-corrected chi connectivity index (χ4v) is 2.46. The first-order valence-corrected chi connectivity index (χ1v) is 8.11. The second kappa shape index (κ2) is 8.26. The van der Waals surface area contributed by atoms with Crippen LogP contribution in [0.5, 0.6) is 0 Å². The van der Waals surface area contributed by atoms with E-state index < -0.39 is 70.2 Å². The summed E-state index contributed by atoms with van der Waals surface area (Å²) in [5.41, 5.74) is -8.43. The number of halogens is 16. The van der Waals surface area contributed by atoms with E-state index in [-0.39, 0.29) is 24.3 Å². The molecule has 0 spiro atoms. The Morgan fingerprint density at radius 2 is 1.00 bits per heavy atom. The third-order valence-corrected chi connectivity index (χ3v) is 4.50. The van der Waals surface area contributed by atoms with Crippen molar-refractivity contribution < 1.29 is 80.3 Å². The normalized spacial score (nSPS) is 16.7. The van der Waals surface area contributed by atoms with Crippen LogP contribution in [0.2, 0.25) is 0 Å². The molecule has 0 amide bonds. The Balaban J connectivity index is 3.67. The Morgan fingerprint density at radius 3 is 1.31 bits per heavy atom. The molecule has 0 bridgehead atoms. The summed E-state index contributed by atoms with van der Waals surface area (Å²) in [6.45, 7) is 0. The lowest BCUT2D eigenvalue weighted by Crippen LogP contribution is -2.70. The zero-order valence-corrected chi connectivity index (χ0v) is 15.8. The summed E-state index contributed by atoms with van der Waals surface area (Å²) < 4.78 is 211. The fourth-order valence-electron chi connectivity index (χ4n) is 2.46. The monoisotopic (exact) mass is 553 g/mol. The van der Waals surface area contributed by atoms with Gasteiger partial charge >= 0.3 is 42.0 Å². The van der Waals surface area contributed by atoms with Crippen molar-refractivity contribution in [3.63, 3.8) is 0 Å². The van der Waals surface area contributed by atoms with E-state index in [1.54, 1.807) is 0 Å². The van der Waals surface area contributed by atoms with Gasteiger partial charge in [0.15, 0.2) is 5.60 Å². The minimum atomic E-state index is -8.36. The average Bonchev–Trinajstić information content (AvgIpc) is 2.65. The predicted molar refractivity (Wildman–Crippen MR) is 78.5 cm³/mol. The number of nitro benzene ring substituents is 1. The molecule has 0 radical (unpaired) electrons. The summed E-state index contributed by atoms with van der Waals surface area (Å²) in [7, 11) is 0. The number of non-ortho nitro benzene ring substituents is 1. The molecule has 0 aromatic heterocycles. The predicted octanol–water partition coefficient (Wildman–Crippen LogP) is 6.47. The molecule has 0 fully saturated rings. The highest BCUT2D eigenvalue weighted by molar-refractivity contribution is 5.36. The van der Waals surface area contributed by atoms with Gasteiger partial charge in [0.2, 0.25) is 0 Å². The van der Waals surface area contributed by atoms with Crippen LogP contribution in [0, 0.1) is 10.1 Å².